The van der Waals surface area contributed by atoms with Crippen LogP contribution in [0.2, 0.25) is 0 Å². The van der Waals surface area contributed by atoms with Crippen molar-refractivity contribution in [1.29, 1.82) is 0 Å². The zero-order valence-electron chi connectivity index (χ0n) is 14.3. The van der Waals surface area contributed by atoms with Crippen molar-refractivity contribution in [2.45, 2.75) is 72.8 Å². The summed E-state index contributed by atoms with van der Waals surface area (Å²) in [5.74, 6) is 1.68. The van der Waals surface area contributed by atoms with Crippen LogP contribution in [0, 0.1) is 22.7 Å². The third-order valence-corrected chi connectivity index (χ3v) is 5.84. The van der Waals surface area contributed by atoms with Gasteiger partial charge in [-0.2, -0.15) is 0 Å². The minimum absolute atomic E-state index is 0.453. The van der Waals surface area contributed by atoms with E-state index < -0.39 is 0 Å². The Bertz CT molecular complexity index is 291. The lowest BCUT2D eigenvalue weighted by molar-refractivity contribution is 0.0131. The Morgan fingerprint density at radius 1 is 0.900 bits per heavy atom. The molecule has 20 heavy (non-hydrogen) atoms. The van der Waals surface area contributed by atoms with Crippen molar-refractivity contribution >= 4 is 0 Å². The van der Waals surface area contributed by atoms with Crippen LogP contribution in [0.15, 0.2) is 0 Å². The highest BCUT2D eigenvalue weighted by Gasteiger charge is 2.36. The van der Waals surface area contributed by atoms with Crippen molar-refractivity contribution in [2.24, 2.45) is 22.7 Å². The molecule has 2 rings (SSSR count). The molecule has 2 heterocycles. The van der Waals surface area contributed by atoms with Gasteiger partial charge in [0, 0.05) is 19.3 Å². The molecule has 0 aliphatic carbocycles. The van der Waals surface area contributed by atoms with Crippen molar-refractivity contribution < 1.29 is 4.74 Å². The molecule has 0 aromatic heterocycles. The summed E-state index contributed by atoms with van der Waals surface area (Å²) in [5.41, 5.74) is 0.907. The normalized spacial score (nSPS) is 30.4. The highest BCUT2D eigenvalue weighted by atomic mass is 16.5. The smallest absolute Gasteiger partial charge is 0.0468 e. The van der Waals surface area contributed by atoms with Gasteiger partial charge in [-0.1, -0.05) is 34.6 Å². The highest BCUT2D eigenvalue weighted by molar-refractivity contribution is 4.89. The van der Waals surface area contributed by atoms with Crippen molar-refractivity contribution in [3.8, 4) is 0 Å². The molecule has 0 saturated carbocycles. The minimum atomic E-state index is 0.453. The van der Waals surface area contributed by atoms with Gasteiger partial charge in [0.05, 0.1) is 0 Å². The Labute approximate surface area is 126 Å². The molecule has 1 N–H and O–H groups in total. The molecule has 2 aliphatic heterocycles. The average molecular weight is 281 g/mol. The van der Waals surface area contributed by atoms with Crippen LogP contribution in [-0.4, -0.2) is 25.8 Å². The second kappa shape index (κ2) is 6.36. The molecule has 0 bridgehead atoms. The van der Waals surface area contributed by atoms with Gasteiger partial charge in [-0.25, -0.2) is 0 Å². The van der Waals surface area contributed by atoms with Gasteiger partial charge in [0.25, 0.3) is 0 Å². The molecule has 2 unspecified atom stereocenters. The predicted molar refractivity (Wildman–Crippen MR) is 85.9 cm³/mol. The van der Waals surface area contributed by atoms with Gasteiger partial charge in [0.1, 0.15) is 0 Å². The Morgan fingerprint density at radius 2 is 1.55 bits per heavy atom. The summed E-state index contributed by atoms with van der Waals surface area (Å²) in [6.45, 7) is 15.2. The summed E-state index contributed by atoms with van der Waals surface area (Å²) in [5, 5.41) is 3.84. The van der Waals surface area contributed by atoms with Crippen LogP contribution < -0.4 is 5.32 Å². The van der Waals surface area contributed by atoms with E-state index in [1.54, 1.807) is 0 Å². The second-order valence-electron chi connectivity index (χ2n) is 8.82. The maximum atomic E-state index is 5.52. The average Bonchev–Trinajstić information content (AvgIpc) is 2.39. The Morgan fingerprint density at radius 3 is 2.05 bits per heavy atom. The van der Waals surface area contributed by atoms with Crippen LogP contribution in [0.3, 0.4) is 0 Å². The molecule has 2 fully saturated rings. The zero-order valence-corrected chi connectivity index (χ0v) is 14.3. The molecule has 2 saturated heterocycles. The fraction of sp³-hybridized carbons (Fsp3) is 1.00. The molecule has 118 valence electrons. The first-order valence-corrected chi connectivity index (χ1v) is 8.60. The quantitative estimate of drug-likeness (QED) is 0.835. The van der Waals surface area contributed by atoms with E-state index in [4.69, 9.17) is 4.74 Å². The fourth-order valence-corrected chi connectivity index (χ4v) is 4.11. The largest absolute Gasteiger partial charge is 0.381 e. The van der Waals surface area contributed by atoms with Crippen LogP contribution in [-0.2, 0) is 4.74 Å². The molecule has 2 nitrogen and oxygen atoms in total. The van der Waals surface area contributed by atoms with Crippen LogP contribution >= 0.6 is 0 Å². The number of ether oxygens (including phenoxy) is 1. The molecule has 0 radical (unpaired) electrons. The Balaban J connectivity index is 1.82. The summed E-state index contributed by atoms with van der Waals surface area (Å²) in [4.78, 5) is 0. The van der Waals surface area contributed by atoms with Gasteiger partial charge >= 0.3 is 0 Å². The molecular weight excluding hydrogens is 246 g/mol. The van der Waals surface area contributed by atoms with Gasteiger partial charge in [-0.05, 0) is 61.3 Å². The highest BCUT2D eigenvalue weighted by Crippen LogP contribution is 2.40. The molecule has 0 spiro atoms. The minimum Gasteiger partial charge on any atom is -0.381 e. The number of rotatable bonds is 3. The first-order valence-electron chi connectivity index (χ1n) is 8.60. The van der Waals surface area contributed by atoms with E-state index in [9.17, 15) is 0 Å². The van der Waals surface area contributed by atoms with E-state index in [0.717, 1.165) is 31.1 Å². The van der Waals surface area contributed by atoms with Gasteiger partial charge in [-0.3, -0.25) is 0 Å². The maximum Gasteiger partial charge on any atom is 0.0468 e. The standard InChI is InChI=1S/C18H35NO/c1-17(2,3)15-6-7-16(19-13-15)12-18(4,5)14-8-10-20-11-9-14/h14-16,19H,6-13H2,1-5H3. The molecule has 2 aliphatic rings. The first-order chi connectivity index (χ1) is 9.29. The topological polar surface area (TPSA) is 21.3 Å². The number of nitrogens with one attached hydrogen (secondary N) is 1. The fourth-order valence-electron chi connectivity index (χ4n) is 4.11. The van der Waals surface area contributed by atoms with Crippen molar-refractivity contribution in [3.63, 3.8) is 0 Å². The van der Waals surface area contributed by atoms with Crippen LogP contribution in [0.1, 0.15) is 66.7 Å². The molecule has 2 heteroatoms. The van der Waals surface area contributed by atoms with E-state index in [0.29, 0.717) is 10.8 Å². The lowest BCUT2D eigenvalue weighted by atomic mass is 9.68. The molecule has 0 amide bonds. The lowest BCUT2D eigenvalue weighted by Crippen LogP contribution is -2.46. The van der Waals surface area contributed by atoms with Crippen molar-refractivity contribution in [3.05, 3.63) is 0 Å². The summed E-state index contributed by atoms with van der Waals surface area (Å²) < 4.78 is 5.52. The number of hydrogen-bond acceptors (Lipinski definition) is 2. The number of piperidine rings is 1. The van der Waals surface area contributed by atoms with Crippen LogP contribution in [0.5, 0.6) is 0 Å². The van der Waals surface area contributed by atoms with Gasteiger partial charge in [0.15, 0.2) is 0 Å². The number of hydrogen-bond donors (Lipinski definition) is 1. The Kier molecular flexibility index (Phi) is 5.18. The van der Waals surface area contributed by atoms with E-state index >= 15 is 0 Å². The van der Waals surface area contributed by atoms with Gasteiger partial charge in [0.2, 0.25) is 0 Å². The summed E-state index contributed by atoms with van der Waals surface area (Å²) in [6, 6.07) is 0.728. The summed E-state index contributed by atoms with van der Waals surface area (Å²) in [7, 11) is 0. The van der Waals surface area contributed by atoms with Crippen LogP contribution in [0.25, 0.3) is 0 Å². The second-order valence-corrected chi connectivity index (χ2v) is 8.82. The van der Waals surface area contributed by atoms with E-state index in [-0.39, 0.29) is 0 Å². The van der Waals surface area contributed by atoms with Gasteiger partial charge in [-0.15, -0.1) is 0 Å². The van der Waals surface area contributed by atoms with Crippen LogP contribution in [0.4, 0.5) is 0 Å². The first kappa shape index (κ1) is 16.3. The van der Waals surface area contributed by atoms with Crippen molar-refractivity contribution in [1.82, 2.24) is 5.32 Å². The van der Waals surface area contributed by atoms with E-state index in [2.05, 4.69) is 39.9 Å². The molecule has 0 aromatic rings. The summed E-state index contributed by atoms with van der Waals surface area (Å²) in [6.07, 6.45) is 6.59. The maximum absolute atomic E-state index is 5.52. The monoisotopic (exact) mass is 281 g/mol. The van der Waals surface area contributed by atoms with Gasteiger partial charge < -0.3 is 10.1 Å². The lowest BCUT2D eigenvalue weighted by Gasteiger charge is -2.43. The molecular formula is C18H35NO. The zero-order chi connectivity index (χ0) is 14.8. The molecule has 0 aromatic carbocycles. The SMILES string of the molecule is CC(C)(C)C1CCC(CC(C)(C)C2CCOCC2)NC1. The Hall–Kier alpha value is -0.0800. The summed E-state index contributed by atoms with van der Waals surface area (Å²) >= 11 is 0. The van der Waals surface area contributed by atoms with E-state index in [1.165, 1.54) is 38.6 Å². The third kappa shape index (κ3) is 4.21. The molecule has 2 atom stereocenters. The van der Waals surface area contributed by atoms with Crippen molar-refractivity contribution in [2.75, 3.05) is 19.8 Å². The third-order valence-electron chi connectivity index (χ3n) is 5.84. The van der Waals surface area contributed by atoms with E-state index in [1.807, 2.05) is 0 Å². The predicted octanol–water partition coefficient (Wildman–Crippen LogP) is 4.24.